The molecule has 1 aromatic carbocycles. The number of anilines is 1. The maximum absolute atomic E-state index is 10.6. The van der Waals surface area contributed by atoms with Crippen molar-refractivity contribution >= 4 is 5.69 Å². The van der Waals surface area contributed by atoms with E-state index in [0.29, 0.717) is 11.8 Å². The fraction of sp³-hybridized carbons (Fsp3) is 0.273. The fourth-order valence-electron chi connectivity index (χ4n) is 2.11. The number of H-pyrrole nitrogens is 1. The third kappa shape index (κ3) is 1.88. The predicted molar refractivity (Wildman–Crippen MR) is 60.6 cm³/mol. The monoisotopic (exact) mass is 231 g/mol. The Kier molecular flexibility index (Phi) is 2.31. The number of benzene rings is 1. The first-order chi connectivity index (χ1) is 8.25. The zero-order chi connectivity index (χ0) is 11.8. The van der Waals surface area contributed by atoms with E-state index in [-0.39, 0.29) is 10.9 Å². The van der Waals surface area contributed by atoms with Gasteiger partial charge in [-0.25, -0.2) is 4.98 Å². The predicted octanol–water partition coefficient (Wildman–Crippen LogP) is 1.77. The van der Waals surface area contributed by atoms with Gasteiger partial charge in [-0.15, -0.1) is 0 Å². The van der Waals surface area contributed by atoms with Gasteiger partial charge in [0.25, 0.3) is 0 Å². The van der Waals surface area contributed by atoms with Crippen LogP contribution >= 0.6 is 0 Å². The van der Waals surface area contributed by atoms with Gasteiger partial charge in [-0.1, -0.05) is 12.1 Å². The van der Waals surface area contributed by atoms with Crippen molar-refractivity contribution in [1.82, 2.24) is 15.2 Å². The van der Waals surface area contributed by atoms with E-state index >= 15 is 0 Å². The second-order valence-corrected chi connectivity index (χ2v) is 4.18. The highest BCUT2D eigenvalue weighted by Gasteiger charge is 2.41. The molecule has 0 amide bonds. The van der Waals surface area contributed by atoms with Crippen molar-refractivity contribution in [2.45, 2.75) is 18.3 Å². The molecule has 88 valence electrons. The summed E-state index contributed by atoms with van der Waals surface area (Å²) >= 11 is 0. The number of hydrogen-bond acceptors (Lipinski definition) is 5. The van der Waals surface area contributed by atoms with E-state index in [9.17, 15) is 5.21 Å². The van der Waals surface area contributed by atoms with Gasteiger partial charge >= 0.3 is 0 Å². The highest BCUT2D eigenvalue weighted by molar-refractivity contribution is 5.47. The first-order valence-electron chi connectivity index (χ1n) is 5.37. The number of aromatic amines is 1. The number of rotatable bonds is 3. The maximum atomic E-state index is 10.6. The molecule has 1 fully saturated rings. The second kappa shape index (κ2) is 3.83. The lowest BCUT2D eigenvalue weighted by atomic mass is 10.1. The molecule has 6 nitrogen and oxygen atoms in total. The van der Waals surface area contributed by atoms with Crippen molar-refractivity contribution in [3.63, 3.8) is 0 Å². The Balaban J connectivity index is 1.75. The van der Waals surface area contributed by atoms with E-state index in [1.54, 1.807) is 12.1 Å². The van der Waals surface area contributed by atoms with Crippen molar-refractivity contribution in [1.29, 1.82) is 0 Å². The second-order valence-electron chi connectivity index (χ2n) is 4.18. The summed E-state index contributed by atoms with van der Waals surface area (Å²) in [7, 11) is 0. The Morgan fingerprint density at radius 3 is 2.65 bits per heavy atom. The van der Waals surface area contributed by atoms with Gasteiger partial charge in [0.05, 0.1) is 5.69 Å². The SMILES string of the molecule is [O-]N(O)c1ccc(C2CC2c2ncn[nH]2)cc1. The summed E-state index contributed by atoms with van der Waals surface area (Å²) < 4.78 is 0. The molecule has 3 rings (SSSR count). The summed E-state index contributed by atoms with van der Waals surface area (Å²) in [5.74, 6) is 1.73. The van der Waals surface area contributed by atoms with E-state index in [2.05, 4.69) is 15.2 Å². The van der Waals surface area contributed by atoms with Gasteiger partial charge in [-0.2, -0.15) is 5.10 Å². The molecule has 0 spiro atoms. The highest BCUT2D eigenvalue weighted by atomic mass is 16.8. The van der Waals surface area contributed by atoms with Crippen LogP contribution in [-0.2, 0) is 0 Å². The third-order valence-electron chi connectivity index (χ3n) is 3.12. The molecular formula is C11H11N4O2-. The molecule has 1 aromatic heterocycles. The number of hydrogen-bond donors (Lipinski definition) is 2. The van der Waals surface area contributed by atoms with E-state index < -0.39 is 0 Å². The minimum atomic E-state index is -0.134. The van der Waals surface area contributed by atoms with Crippen LogP contribution in [0.4, 0.5) is 5.69 Å². The van der Waals surface area contributed by atoms with Crippen LogP contribution in [0.5, 0.6) is 0 Å². The van der Waals surface area contributed by atoms with Crippen molar-refractivity contribution in [2.75, 3.05) is 5.23 Å². The number of aromatic nitrogens is 3. The third-order valence-corrected chi connectivity index (χ3v) is 3.12. The van der Waals surface area contributed by atoms with Gasteiger partial charge in [-0.3, -0.25) is 10.3 Å². The van der Waals surface area contributed by atoms with E-state index in [0.717, 1.165) is 17.8 Å². The average molecular weight is 231 g/mol. The van der Waals surface area contributed by atoms with Crippen LogP contribution in [0.3, 0.4) is 0 Å². The van der Waals surface area contributed by atoms with E-state index in [4.69, 9.17) is 5.21 Å². The van der Waals surface area contributed by atoms with Gasteiger partial charge < -0.3 is 10.4 Å². The number of nitrogens with one attached hydrogen (secondary N) is 1. The van der Waals surface area contributed by atoms with Crippen LogP contribution in [0, 0.1) is 5.21 Å². The summed E-state index contributed by atoms with van der Waals surface area (Å²) in [6.45, 7) is 0. The Morgan fingerprint density at radius 2 is 2.06 bits per heavy atom. The Hall–Kier alpha value is -1.92. The minimum absolute atomic E-state index is 0.134. The average Bonchev–Trinajstić information content (AvgIpc) is 2.95. The standard InChI is InChI=1S/C11H11N4O2/c16-15(17)8-3-1-7(2-4-8)9-5-10(9)11-12-6-13-14-11/h1-4,6,9-10,16H,5H2,(H,12,13,14)/q-1. The molecule has 1 heterocycles. The van der Waals surface area contributed by atoms with Crippen molar-refractivity contribution < 1.29 is 5.21 Å². The summed E-state index contributed by atoms with van der Waals surface area (Å²) in [5.41, 5.74) is 1.39. The van der Waals surface area contributed by atoms with Crippen LogP contribution in [0.15, 0.2) is 30.6 Å². The first-order valence-corrected chi connectivity index (χ1v) is 5.37. The highest BCUT2D eigenvalue weighted by Crippen LogP contribution is 2.53. The van der Waals surface area contributed by atoms with Gasteiger partial charge in [0, 0.05) is 5.92 Å². The van der Waals surface area contributed by atoms with Crippen LogP contribution < -0.4 is 5.23 Å². The molecule has 1 aliphatic rings. The summed E-state index contributed by atoms with van der Waals surface area (Å²) in [5, 5.41) is 25.9. The molecule has 2 N–H and O–H groups in total. The molecule has 2 atom stereocenters. The largest absolute Gasteiger partial charge is 0.733 e. The number of nitrogens with zero attached hydrogens (tertiary/aromatic N) is 3. The van der Waals surface area contributed by atoms with Crippen LogP contribution in [0.1, 0.15) is 29.6 Å². The van der Waals surface area contributed by atoms with Gasteiger partial charge in [0.1, 0.15) is 12.2 Å². The molecule has 1 saturated carbocycles. The quantitative estimate of drug-likeness (QED) is 0.786. The topological polar surface area (TPSA) is 88.1 Å². The molecule has 2 aromatic rings. The maximum Gasteiger partial charge on any atom is 0.137 e. The van der Waals surface area contributed by atoms with Crippen LogP contribution in [-0.4, -0.2) is 20.4 Å². The van der Waals surface area contributed by atoms with Gasteiger partial charge in [0.2, 0.25) is 0 Å². The smallest absolute Gasteiger partial charge is 0.137 e. The van der Waals surface area contributed by atoms with Crippen molar-refractivity contribution in [3.8, 4) is 0 Å². The minimum Gasteiger partial charge on any atom is -0.733 e. The summed E-state index contributed by atoms with van der Waals surface area (Å²) in [6.07, 6.45) is 2.55. The van der Waals surface area contributed by atoms with E-state index in [1.165, 1.54) is 6.33 Å². The molecule has 0 saturated heterocycles. The molecule has 1 aliphatic carbocycles. The zero-order valence-corrected chi connectivity index (χ0v) is 8.95. The Morgan fingerprint density at radius 1 is 1.29 bits per heavy atom. The molecule has 2 unspecified atom stereocenters. The summed E-state index contributed by atoms with van der Waals surface area (Å²) in [4.78, 5) is 4.13. The molecule has 6 heteroatoms. The van der Waals surface area contributed by atoms with E-state index in [1.807, 2.05) is 12.1 Å². The van der Waals surface area contributed by atoms with Crippen LogP contribution in [0.2, 0.25) is 0 Å². The molecule has 0 radical (unpaired) electrons. The Bertz CT molecular complexity index is 495. The normalized spacial score (nSPS) is 22.5. The first kappa shape index (κ1) is 10.2. The summed E-state index contributed by atoms with van der Waals surface area (Å²) in [6, 6.07) is 6.94. The Labute approximate surface area is 97.5 Å². The lowest BCUT2D eigenvalue weighted by Crippen LogP contribution is -2.06. The van der Waals surface area contributed by atoms with Crippen molar-refractivity contribution in [2.24, 2.45) is 0 Å². The molecular weight excluding hydrogens is 220 g/mol. The molecule has 0 bridgehead atoms. The van der Waals surface area contributed by atoms with Crippen LogP contribution in [0.25, 0.3) is 0 Å². The molecule has 17 heavy (non-hydrogen) atoms. The zero-order valence-electron chi connectivity index (χ0n) is 8.95. The lowest BCUT2D eigenvalue weighted by Gasteiger charge is -2.21. The lowest BCUT2D eigenvalue weighted by molar-refractivity contribution is 0.296. The molecule has 0 aliphatic heterocycles. The fourth-order valence-corrected chi connectivity index (χ4v) is 2.11. The van der Waals surface area contributed by atoms with Crippen molar-refractivity contribution in [3.05, 3.63) is 47.2 Å². The van der Waals surface area contributed by atoms with Gasteiger partial charge in [-0.05, 0) is 30.0 Å². The van der Waals surface area contributed by atoms with Gasteiger partial charge in [0.15, 0.2) is 0 Å².